The predicted octanol–water partition coefficient (Wildman–Crippen LogP) is 2.98. The van der Waals surface area contributed by atoms with Gasteiger partial charge in [0.05, 0.1) is 10.7 Å². The Morgan fingerprint density at radius 1 is 1.22 bits per heavy atom. The Labute approximate surface area is 136 Å². The van der Waals surface area contributed by atoms with E-state index in [0.29, 0.717) is 5.56 Å². The molecule has 9 heteroatoms. The fraction of sp³-hybridized carbons (Fsp3) is 0.0714. The molecule has 0 saturated heterocycles. The van der Waals surface area contributed by atoms with Crippen LogP contribution in [0.15, 0.2) is 48.8 Å². The second-order valence-corrected chi connectivity index (χ2v) is 7.03. The molecule has 23 heavy (non-hydrogen) atoms. The van der Waals surface area contributed by atoms with Crippen LogP contribution in [-0.4, -0.2) is 22.3 Å². The average Bonchev–Trinajstić information content (AvgIpc) is 2.93. The van der Waals surface area contributed by atoms with Gasteiger partial charge in [-0.05, 0) is 11.6 Å². The third-order valence-electron chi connectivity index (χ3n) is 3.28. The number of hydrogen-bond acceptors (Lipinski definition) is 5. The minimum absolute atomic E-state index is 0.0662. The monoisotopic (exact) mass is 351 g/mol. The summed E-state index contributed by atoms with van der Waals surface area (Å²) >= 11 is 5.97. The molecule has 0 aliphatic carbocycles. The molecule has 118 valence electrons. The number of nitro groups is 1. The quantitative estimate of drug-likeness (QED) is 0.532. The summed E-state index contributed by atoms with van der Waals surface area (Å²) in [5, 5.41) is 11.0. The van der Waals surface area contributed by atoms with Crippen LogP contribution >= 0.6 is 11.6 Å². The Kier molecular flexibility index (Phi) is 3.78. The molecule has 0 N–H and O–H groups in total. The molecule has 0 saturated carbocycles. The van der Waals surface area contributed by atoms with Crippen LogP contribution in [0.4, 0.5) is 5.69 Å². The maximum Gasteiger partial charge on any atom is 0.306 e. The van der Waals surface area contributed by atoms with E-state index in [1.165, 1.54) is 12.3 Å². The SMILES string of the molecule is O=[N+]([O-])c1cnc2c(ccn2S(=O)(=O)Cc2ccccc2)c1Cl. The Bertz CT molecular complexity index is 1000. The van der Waals surface area contributed by atoms with E-state index in [4.69, 9.17) is 11.6 Å². The number of aromatic nitrogens is 2. The van der Waals surface area contributed by atoms with Crippen LogP contribution < -0.4 is 0 Å². The van der Waals surface area contributed by atoms with Crippen molar-refractivity contribution in [1.82, 2.24) is 8.96 Å². The standard InChI is InChI=1S/C14H10ClN3O4S/c15-13-11-6-7-17(14(11)16-8-12(13)18(19)20)23(21,22)9-10-4-2-1-3-5-10/h1-8H,9H2. The van der Waals surface area contributed by atoms with Crippen LogP contribution in [0.2, 0.25) is 5.02 Å². The van der Waals surface area contributed by atoms with Crippen molar-refractivity contribution in [2.75, 3.05) is 0 Å². The molecule has 0 fully saturated rings. The molecule has 3 aromatic rings. The molecule has 0 atom stereocenters. The minimum atomic E-state index is -3.72. The number of rotatable bonds is 4. The predicted molar refractivity (Wildman–Crippen MR) is 85.9 cm³/mol. The van der Waals surface area contributed by atoms with Crippen molar-refractivity contribution in [2.24, 2.45) is 0 Å². The summed E-state index contributed by atoms with van der Waals surface area (Å²) in [5.41, 5.74) is 0.330. The van der Waals surface area contributed by atoms with Gasteiger partial charge in [-0.3, -0.25) is 10.1 Å². The highest BCUT2D eigenvalue weighted by Gasteiger charge is 2.22. The van der Waals surface area contributed by atoms with E-state index >= 15 is 0 Å². The van der Waals surface area contributed by atoms with Gasteiger partial charge >= 0.3 is 5.69 Å². The second-order valence-electron chi connectivity index (χ2n) is 4.81. The summed E-state index contributed by atoms with van der Waals surface area (Å²) in [6.45, 7) is 0. The van der Waals surface area contributed by atoms with E-state index in [2.05, 4.69) is 4.98 Å². The first-order valence-corrected chi connectivity index (χ1v) is 8.46. The Morgan fingerprint density at radius 3 is 2.57 bits per heavy atom. The zero-order valence-corrected chi connectivity index (χ0v) is 13.2. The number of pyridine rings is 1. The van der Waals surface area contributed by atoms with Crippen molar-refractivity contribution in [3.63, 3.8) is 0 Å². The van der Waals surface area contributed by atoms with Crippen LogP contribution in [-0.2, 0) is 15.8 Å². The van der Waals surface area contributed by atoms with Crippen molar-refractivity contribution in [3.05, 3.63) is 69.5 Å². The maximum absolute atomic E-state index is 12.6. The molecule has 2 heterocycles. The number of hydrogen-bond donors (Lipinski definition) is 0. The fourth-order valence-corrected chi connectivity index (χ4v) is 3.90. The van der Waals surface area contributed by atoms with Crippen molar-refractivity contribution < 1.29 is 13.3 Å². The van der Waals surface area contributed by atoms with Gasteiger partial charge < -0.3 is 0 Å². The van der Waals surface area contributed by atoms with Crippen LogP contribution in [0.25, 0.3) is 11.0 Å². The van der Waals surface area contributed by atoms with E-state index in [9.17, 15) is 18.5 Å². The smallest absolute Gasteiger partial charge is 0.258 e. The van der Waals surface area contributed by atoms with Crippen LogP contribution in [0.1, 0.15) is 5.56 Å². The number of benzene rings is 1. The van der Waals surface area contributed by atoms with Crippen molar-refractivity contribution in [2.45, 2.75) is 5.75 Å². The molecule has 7 nitrogen and oxygen atoms in total. The largest absolute Gasteiger partial charge is 0.306 e. The molecule has 0 radical (unpaired) electrons. The molecule has 0 amide bonds. The average molecular weight is 352 g/mol. The summed E-state index contributed by atoms with van der Waals surface area (Å²) < 4.78 is 26.1. The van der Waals surface area contributed by atoms with Gasteiger partial charge in [-0.1, -0.05) is 41.9 Å². The van der Waals surface area contributed by atoms with Gasteiger partial charge in [0.2, 0.25) is 10.0 Å². The topological polar surface area (TPSA) is 95.1 Å². The van der Waals surface area contributed by atoms with Gasteiger partial charge in [0.15, 0.2) is 5.65 Å². The Balaban J connectivity index is 2.10. The molecule has 0 bridgehead atoms. The lowest BCUT2D eigenvalue weighted by atomic mass is 10.2. The lowest BCUT2D eigenvalue weighted by Crippen LogP contribution is -2.14. The molecule has 2 aromatic heterocycles. The van der Waals surface area contributed by atoms with Gasteiger partial charge in [0.1, 0.15) is 11.2 Å². The van der Waals surface area contributed by atoms with Crippen LogP contribution in [0.3, 0.4) is 0 Å². The summed E-state index contributed by atoms with van der Waals surface area (Å²) in [6, 6.07) is 10.1. The van der Waals surface area contributed by atoms with E-state index in [1.807, 2.05) is 0 Å². The third kappa shape index (κ3) is 2.78. The lowest BCUT2D eigenvalue weighted by Gasteiger charge is -2.07. The van der Waals surface area contributed by atoms with Gasteiger partial charge in [0, 0.05) is 11.6 Å². The van der Waals surface area contributed by atoms with E-state index in [-0.39, 0.29) is 27.5 Å². The summed E-state index contributed by atoms with van der Waals surface area (Å²) in [4.78, 5) is 14.1. The first kappa shape index (κ1) is 15.4. The Hall–Kier alpha value is -2.45. The van der Waals surface area contributed by atoms with Gasteiger partial charge in [-0.2, -0.15) is 0 Å². The lowest BCUT2D eigenvalue weighted by molar-refractivity contribution is -0.384. The number of fused-ring (bicyclic) bond motifs is 1. The van der Waals surface area contributed by atoms with Crippen molar-refractivity contribution in [1.29, 1.82) is 0 Å². The Morgan fingerprint density at radius 2 is 1.91 bits per heavy atom. The zero-order chi connectivity index (χ0) is 16.6. The maximum atomic E-state index is 12.6. The number of halogens is 1. The minimum Gasteiger partial charge on any atom is -0.258 e. The van der Waals surface area contributed by atoms with Crippen LogP contribution in [0.5, 0.6) is 0 Å². The molecular weight excluding hydrogens is 342 g/mol. The van der Waals surface area contributed by atoms with E-state index in [1.54, 1.807) is 30.3 Å². The summed E-state index contributed by atoms with van der Waals surface area (Å²) in [6.07, 6.45) is 2.25. The molecule has 0 spiro atoms. The van der Waals surface area contributed by atoms with E-state index < -0.39 is 14.9 Å². The van der Waals surface area contributed by atoms with Gasteiger partial charge in [-0.25, -0.2) is 17.4 Å². The first-order valence-electron chi connectivity index (χ1n) is 6.47. The highest BCUT2D eigenvalue weighted by molar-refractivity contribution is 7.89. The van der Waals surface area contributed by atoms with E-state index in [0.717, 1.165) is 10.2 Å². The molecule has 0 unspecified atom stereocenters. The van der Waals surface area contributed by atoms with Crippen molar-refractivity contribution >= 4 is 38.3 Å². The first-order chi connectivity index (χ1) is 10.9. The summed E-state index contributed by atoms with van der Waals surface area (Å²) in [7, 11) is -3.72. The summed E-state index contributed by atoms with van der Waals surface area (Å²) in [5.74, 6) is -0.214. The fourth-order valence-electron chi connectivity index (χ4n) is 2.23. The number of nitrogens with zero attached hydrogens (tertiary/aromatic N) is 3. The molecular formula is C14H10ClN3O4S. The third-order valence-corrected chi connectivity index (χ3v) is 5.27. The molecule has 3 rings (SSSR count). The highest BCUT2D eigenvalue weighted by Crippen LogP contribution is 2.32. The molecule has 0 aliphatic heterocycles. The van der Waals surface area contributed by atoms with Crippen molar-refractivity contribution in [3.8, 4) is 0 Å². The second kappa shape index (κ2) is 5.64. The van der Waals surface area contributed by atoms with Gasteiger partial charge in [0.25, 0.3) is 0 Å². The normalized spacial score (nSPS) is 11.7. The molecule has 0 aliphatic rings. The highest BCUT2D eigenvalue weighted by atomic mass is 35.5. The zero-order valence-electron chi connectivity index (χ0n) is 11.6. The van der Waals surface area contributed by atoms with Crippen LogP contribution in [0, 0.1) is 10.1 Å². The van der Waals surface area contributed by atoms with Gasteiger partial charge in [-0.15, -0.1) is 0 Å². The molecule has 1 aromatic carbocycles.